The highest BCUT2D eigenvalue weighted by molar-refractivity contribution is 7.98. The van der Waals surface area contributed by atoms with Crippen LogP contribution >= 0.6 is 23.1 Å². The highest BCUT2D eigenvalue weighted by Crippen LogP contribution is 2.37. The normalized spacial score (nSPS) is 20.6. The Balaban J connectivity index is 2.09. The Morgan fingerprint density at radius 2 is 2.39 bits per heavy atom. The predicted octanol–water partition coefficient (Wildman–Crippen LogP) is 3.09. The van der Waals surface area contributed by atoms with Gasteiger partial charge < -0.3 is 10.0 Å². The van der Waals surface area contributed by atoms with Gasteiger partial charge in [0.15, 0.2) is 5.13 Å². The van der Waals surface area contributed by atoms with Crippen LogP contribution in [0.5, 0.6) is 0 Å². The molecule has 1 heterocycles. The summed E-state index contributed by atoms with van der Waals surface area (Å²) in [6.07, 6.45) is 6.00. The average Bonchev–Trinajstić information content (AvgIpc) is 2.80. The molecule has 0 spiro atoms. The van der Waals surface area contributed by atoms with Crippen molar-refractivity contribution in [3.05, 3.63) is 10.6 Å². The monoisotopic (exact) mass is 286 g/mol. The molecular formula is C13H22N2OS2. The SMILES string of the molecule is CSCCC(C)N(C)c1nc2c(s1)C(O)CCC2. The lowest BCUT2D eigenvalue weighted by Crippen LogP contribution is -2.29. The first-order valence-corrected chi connectivity index (χ1v) is 8.74. The summed E-state index contributed by atoms with van der Waals surface area (Å²) in [5.74, 6) is 1.18. The number of aliphatic hydroxyl groups excluding tert-OH is 1. The molecule has 0 aliphatic heterocycles. The van der Waals surface area contributed by atoms with Crippen LogP contribution in [0.1, 0.15) is 42.9 Å². The first-order chi connectivity index (χ1) is 8.63. The fraction of sp³-hybridized carbons (Fsp3) is 0.769. The Kier molecular flexibility index (Phi) is 4.92. The van der Waals surface area contributed by atoms with E-state index in [0.717, 1.165) is 35.0 Å². The standard InChI is InChI=1S/C13H22N2OS2/c1-9(7-8-17-3)15(2)13-14-10-5-4-6-11(16)12(10)18-13/h9,11,16H,4-8H2,1-3H3. The molecule has 102 valence electrons. The fourth-order valence-electron chi connectivity index (χ4n) is 2.21. The van der Waals surface area contributed by atoms with Gasteiger partial charge in [-0.2, -0.15) is 11.8 Å². The topological polar surface area (TPSA) is 36.4 Å². The minimum Gasteiger partial charge on any atom is -0.388 e. The van der Waals surface area contributed by atoms with E-state index in [1.807, 2.05) is 11.8 Å². The van der Waals surface area contributed by atoms with Crippen molar-refractivity contribution < 1.29 is 5.11 Å². The molecule has 1 aromatic heterocycles. The van der Waals surface area contributed by atoms with E-state index < -0.39 is 0 Å². The van der Waals surface area contributed by atoms with E-state index in [1.54, 1.807) is 11.3 Å². The maximum Gasteiger partial charge on any atom is 0.185 e. The summed E-state index contributed by atoms with van der Waals surface area (Å²) < 4.78 is 0. The molecule has 0 radical (unpaired) electrons. The average molecular weight is 286 g/mol. The molecule has 1 aliphatic carbocycles. The molecule has 0 saturated heterocycles. The molecule has 0 aromatic carbocycles. The lowest BCUT2D eigenvalue weighted by atomic mass is 10.0. The van der Waals surface area contributed by atoms with Gasteiger partial charge in [-0.1, -0.05) is 11.3 Å². The molecule has 0 bridgehead atoms. The highest BCUT2D eigenvalue weighted by atomic mass is 32.2. The van der Waals surface area contributed by atoms with Crippen molar-refractivity contribution in [3.63, 3.8) is 0 Å². The second-order valence-corrected chi connectivity index (χ2v) is 6.95. The molecule has 2 unspecified atom stereocenters. The molecule has 1 N–H and O–H groups in total. The number of nitrogens with zero attached hydrogens (tertiary/aromatic N) is 2. The molecule has 2 rings (SSSR count). The smallest absolute Gasteiger partial charge is 0.185 e. The number of thioether (sulfide) groups is 1. The first-order valence-electron chi connectivity index (χ1n) is 6.53. The molecule has 0 amide bonds. The molecular weight excluding hydrogens is 264 g/mol. The Labute approximate surface area is 118 Å². The van der Waals surface area contributed by atoms with Crippen LogP contribution in [0.4, 0.5) is 5.13 Å². The van der Waals surface area contributed by atoms with E-state index in [4.69, 9.17) is 4.98 Å². The van der Waals surface area contributed by atoms with Crippen molar-refractivity contribution in [3.8, 4) is 0 Å². The zero-order valence-corrected chi connectivity index (χ0v) is 13.0. The highest BCUT2D eigenvalue weighted by Gasteiger charge is 2.24. The number of aromatic nitrogens is 1. The van der Waals surface area contributed by atoms with Gasteiger partial charge >= 0.3 is 0 Å². The summed E-state index contributed by atoms with van der Waals surface area (Å²) in [7, 11) is 2.11. The zero-order valence-electron chi connectivity index (χ0n) is 11.3. The molecule has 3 nitrogen and oxygen atoms in total. The van der Waals surface area contributed by atoms with E-state index in [1.165, 1.54) is 12.2 Å². The maximum atomic E-state index is 9.99. The number of fused-ring (bicyclic) bond motifs is 1. The number of anilines is 1. The Morgan fingerprint density at radius 1 is 1.61 bits per heavy atom. The van der Waals surface area contributed by atoms with Crippen LogP contribution in [0, 0.1) is 0 Å². The van der Waals surface area contributed by atoms with Gasteiger partial charge in [0.2, 0.25) is 0 Å². The van der Waals surface area contributed by atoms with Crippen LogP contribution in [0.25, 0.3) is 0 Å². The molecule has 0 fully saturated rings. The minimum atomic E-state index is -0.282. The van der Waals surface area contributed by atoms with Crippen molar-refractivity contribution >= 4 is 28.2 Å². The number of aryl methyl sites for hydroxylation is 1. The maximum absolute atomic E-state index is 9.99. The van der Waals surface area contributed by atoms with Gasteiger partial charge in [0.25, 0.3) is 0 Å². The molecule has 1 aliphatic rings. The van der Waals surface area contributed by atoms with Crippen LogP contribution in [0.3, 0.4) is 0 Å². The molecule has 5 heteroatoms. The molecule has 18 heavy (non-hydrogen) atoms. The lowest BCUT2D eigenvalue weighted by Gasteiger charge is -2.23. The predicted molar refractivity (Wildman–Crippen MR) is 80.9 cm³/mol. The van der Waals surface area contributed by atoms with E-state index in [0.29, 0.717) is 6.04 Å². The minimum absolute atomic E-state index is 0.282. The number of rotatable bonds is 5. The Morgan fingerprint density at radius 3 is 3.06 bits per heavy atom. The third-order valence-electron chi connectivity index (χ3n) is 3.61. The van der Waals surface area contributed by atoms with Gasteiger partial charge in [-0.3, -0.25) is 0 Å². The van der Waals surface area contributed by atoms with Crippen molar-refractivity contribution in [2.24, 2.45) is 0 Å². The van der Waals surface area contributed by atoms with E-state index >= 15 is 0 Å². The first kappa shape index (κ1) is 14.2. The second-order valence-electron chi connectivity index (χ2n) is 4.96. The van der Waals surface area contributed by atoms with Crippen LogP contribution in [0.2, 0.25) is 0 Å². The summed E-state index contributed by atoms with van der Waals surface area (Å²) in [4.78, 5) is 8.06. The van der Waals surface area contributed by atoms with Crippen molar-refractivity contribution in [1.29, 1.82) is 0 Å². The van der Waals surface area contributed by atoms with Gasteiger partial charge in [0.1, 0.15) is 0 Å². The summed E-state index contributed by atoms with van der Waals surface area (Å²) in [6, 6.07) is 0.502. The fourth-order valence-corrected chi connectivity index (χ4v) is 3.98. The van der Waals surface area contributed by atoms with Gasteiger partial charge in [-0.25, -0.2) is 4.98 Å². The van der Waals surface area contributed by atoms with Gasteiger partial charge in [-0.15, -0.1) is 0 Å². The van der Waals surface area contributed by atoms with E-state index in [9.17, 15) is 5.11 Å². The summed E-state index contributed by atoms with van der Waals surface area (Å²) in [6.45, 7) is 2.24. The summed E-state index contributed by atoms with van der Waals surface area (Å²) in [5, 5.41) is 11.0. The summed E-state index contributed by atoms with van der Waals surface area (Å²) >= 11 is 3.56. The molecule has 2 atom stereocenters. The second kappa shape index (κ2) is 6.26. The number of thiazole rings is 1. The van der Waals surface area contributed by atoms with E-state index in [2.05, 4.69) is 25.1 Å². The number of aliphatic hydroxyl groups is 1. The largest absolute Gasteiger partial charge is 0.388 e. The van der Waals surface area contributed by atoms with E-state index in [-0.39, 0.29) is 6.10 Å². The number of hydrogen-bond acceptors (Lipinski definition) is 5. The van der Waals surface area contributed by atoms with Gasteiger partial charge in [0.05, 0.1) is 16.7 Å². The van der Waals surface area contributed by atoms with Crippen molar-refractivity contribution in [2.45, 2.75) is 44.8 Å². The third-order valence-corrected chi connectivity index (χ3v) is 5.55. The van der Waals surface area contributed by atoms with Crippen molar-refractivity contribution in [1.82, 2.24) is 4.98 Å². The number of hydrogen-bond donors (Lipinski definition) is 1. The van der Waals surface area contributed by atoms with Gasteiger partial charge in [0, 0.05) is 13.1 Å². The molecule has 0 saturated carbocycles. The van der Waals surface area contributed by atoms with Crippen LogP contribution in [0.15, 0.2) is 0 Å². The van der Waals surface area contributed by atoms with Crippen LogP contribution in [-0.2, 0) is 6.42 Å². The quantitative estimate of drug-likeness (QED) is 0.902. The van der Waals surface area contributed by atoms with Gasteiger partial charge in [-0.05, 0) is 44.6 Å². The summed E-state index contributed by atoms with van der Waals surface area (Å²) in [5.41, 5.74) is 1.12. The lowest BCUT2D eigenvalue weighted by molar-refractivity contribution is 0.160. The van der Waals surface area contributed by atoms with Crippen molar-refractivity contribution in [2.75, 3.05) is 24.0 Å². The third kappa shape index (κ3) is 3.00. The van der Waals surface area contributed by atoms with Crippen LogP contribution < -0.4 is 4.90 Å². The zero-order chi connectivity index (χ0) is 13.1. The Hall–Kier alpha value is -0.260. The Bertz CT molecular complexity index is 394. The molecule has 1 aromatic rings. The van der Waals surface area contributed by atoms with Crippen LogP contribution in [-0.4, -0.2) is 35.2 Å².